The molecule has 1 atom stereocenters. The third-order valence-corrected chi connectivity index (χ3v) is 11.6. The van der Waals surface area contributed by atoms with Crippen LogP contribution < -0.4 is 0 Å². The Morgan fingerprint density at radius 3 is 2.02 bits per heavy atom. The quantitative estimate of drug-likeness (QED) is 0.192. The summed E-state index contributed by atoms with van der Waals surface area (Å²) in [6, 6.07) is 48.2. The number of para-hydroxylation sites is 2. The lowest BCUT2D eigenvalue weighted by molar-refractivity contribution is 0.685. The summed E-state index contributed by atoms with van der Waals surface area (Å²) in [6.07, 6.45) is 16.2. The Hall–Kier alpha value is -7.50. The average molecular weight is 730 g/mol. The first-order chi connectivity index (χ1) is 28.1. The minimum atomic E-state index is -0.416. The van der Waals surface area contributed by atoms with E-state index in [1.165, 1.54) is 16.7 Å². The van der Waals surface area contributed by atoms with Crippen molar-refractivity contribution in [3.8, 4) is 45.0 Å². The van der Waals surface area contributed by atoms with E-state index in [1.54, 1.807) is 0 Å². The fourth-order valence-electron chi connectivity index (χ4n) is 9.01. The number of fused-ring (bicyclic) bond motifs is 6. The van der Waals surface area contributed by atoms with Gasteiger partial charge in [-0.2, -0.15) is 0 Å². The van der Waals surface area contributed by atoms with Crippen LogP contribution in [-0.2, 0) is 5.41 Å². The number of nitrogens with zero attached hydrogens (tertiary/aromatic N) is 4. The Labute approximate surface area is 330 Å². The van der Waals surface area contributed by atoms with E-state index < -0.39 is 5.41 Å². The highest BCUT2D eigenvalue weighted by Gasteiger charge is 2.40. The van der Waals surface area contributed by atoms with Crippen LogP contribution >= 0.6 is 0 Å². The van der Waals surface area contributed by atoms with Crippen LogP contribution in [0, 0.1) is 5.41 Å². The molecule has 2 aromatic heterocycles. The third kappa shape index (κ3) is 5.16. The van der Waals surface area contributed by atoms with Gasteiger partial charge in [0, 0.05) is 27.8 Å². The number of aromatic nitrogens is 4. The molecule has 3 aliphatic rings. The maximum Gasteiger partial charge on any atom is 0.163 e. The topological polar surface area (TPSA) is 67.5 Å². The van der Waals surface area contributed by atoms with Gasteiger partial charge in [0.15, 0.2) is 11.6 Å². The van der Waals surface area contributed by atoms with E-state index in [4.69, 9.17) is 15.0 Å². The van der Waals surface area contributed by atoms with Gasteiger partial charge in [0.2, 0.25) is 0 Å². The predicted octanol–water partition coefficient (Wildman–Crippen LogP) is 12.4. The van der Waals surface area contributed by atoms with Gasteiger partial charge in [0.25, 0.3) is 0 Å². The monoisotopic (exact) mass is 729 g/mol. The van der Waals surface area contributed by atoms with Gasteiger partial charge in [-0.3, -0.25) is 9.98 Å². The first-order valence-electron chi connectivity index (χ1n) is 19.3. The van der Waals surface area contributed by atoms with Crippen molar-refractivity contribution >= 4 is 44.9 Å². The molecule has 11 rings (SSSR count). The molecule has 6 aromatic carbocycles. The Kier molecular flexibility index (Phi) is 7.38. The Morgan fingerprint density at radius 1 is 0.649 bits per heavy atom. The number of hydrogen-bond donors (Lipinski definition) is 1. The predicted molar refractivity (Wildman–Crippen MR) is 235 cm³/mol. The number of allylic oxidation sites excluding steroid dienone is 8. The SMILES string of the molecule is C=C/C1=C\C(=N)c2nc3ccccc3n2C2=CC3(C=Cc4c3c1c1ccccc1c4-c1ccc(-c3cc(-c4ccccc4)nc(-c4ccccc4)n3)cc1)CC=C2. The lowest BCUT2D eigenvalue weighted by atomic mass is 9.71. The van der Waals surface area contributed by atoms with Crippen molar-refractivity contribution in [2.45, 2.75) is 11.8 Å². The van der Waals surface area contributed by atoms with E-state index in [2.05, 4.69) is 126 Å². The van der Waals surface area contributed by atoms with Crippen LogP contribution in [-0.4, -0.2) is 25.2 Å². The lowest BCUT2D eigenvalue weighted by Crippen LogP contribution is -2.25. The summed E-state index contributed by atoms with van der Waals surface area (Å²) < 4.78 is 2.14. The second-order valence-electron chi connectivity index (χ2n) is 14.9. The molecular formula is C52H35N5. The fourth-order valence-corrected chi connectivity index (χ4v) is 9.01. The van der Waals surface area contributed by atoms with E-state index in [1.807, 2.05) is 66.7 Å². The van der Waals surface area contributed by atoms with Gasteiger partial charge >= 0.3 is 0 Å². The van der Waals surface area contributed by atoms with Crippen molar-refractivity contribution in [3.63, 3.8) is 0 Å². The standard InChI is InChI=1S/C52H35N5/c1-2-33-30-42(53)51-56-43-21-11-12-22-46(43)57(51)38-18-13-28-52(32-38)29-27-41-47(39-19-9-10-20-40(39)48(33)49(41)52)36-25-23-35(24-26-36)45-31-44(34-14-5-3-6-15-34)54-50(55-45)37-16-7-4-8-17-37/h2-27,29-32,53H,1,28H2/b33-30+,53-42?. The van der Waals surface area contributed by atoms with Crippen LogP contribution in [0.4, 0.5) is 0 Å². The highest BCUT2D eigenvalue weighted by atomic mass is 15.1. The van der Waals surface area contributed by atoms with Crippen LogP contribution in [0.2, 0.25) is 0 Å². The highest BCUT2D eigenvalue weighted by Crippen LogP contribution is 2.53. The van der Waals surface area contributed by atoms with Crippen molar-refractivity contribution in [1.82, 2.24) is 19.5 Å². The molecule has 1 N–H and O–H groups in total. The number of nitrogens with one attached hydrogen (secondary N) is 1. The zero-order valence-electron chi connectivity index (χ0n) is 31.0. The maximum atomic E-state index is 9.45. The van der Waals surface area contributed by atoms with Gasteiger partial charge in [-0.05, 0) is 87.0 Å². The van der Waals surface area contributed by atoms with Crippen LogP contribution in [0.15, 0.2) is 183 Å². The molecule has 268 valence electrons. The van der Waals surface area contributed by atoms with Gasteiger partial charge in [-0.1, -0.05) is 152 Å². The molecule has 5 heteroatoms. The summed E-state index contributed by atoms with van der Waals surface area (Å²) in [5, 5.41) is 11.7. The summed E-state index contributed by atoms with van der Waals surface area (Å²) >= 11 is 0. The number of imidazole rings is 1. The van der Waals surface area contributed by atoms with E-state index >= 15 is 0 Å². The van der Waals surface area contributed by atoms with E-state index in [9.17, 15) is 5.41 Å². The van der Waals surface area contributed by atoms with Crippen LogP contribution in [0.25, 0.3) is 84.2 Å². The molecule has 1 unspecified atom stereocenters. The zero-order valence-corrected chi connectivity index (χ0v) is 31.0. The summed E-state index contributed by atoms with van der Waals surface area (Å²) in [5.41, 5.74) is 14.4. The molecule has 3 heterocycles. The van der Waals surface area contributed by atoms with Gasteiger partial charge in [-0.25, -0.2) is 15.0 Å². The Balaban J connectivity index is 1.12. The largest absolute Gasteiger partial charge is 0.297 e. The first-order valence-corrected chi connectivity index (χ1v) is 19.3. The normalized spacial score (nSPS) is 17.5. The Morgan fingerprint density at radius 2 is 1.28 bits per heavy atom. The molecule has 5 nitrogen and oxygen atoms in total. The average Bonchev–Trinajstić information content (AvgIpc) is 3.84. The molecular weight excluding hydrogens is 695 g/mol. The van der Waals surface area contributed by atoms with Crippen molar-refractivity contribution in [2.24, 2.45) is 0 Å². The highest BCUT2D eigenvalue weighted by molar-refractivity contribution is 6.16. The summed E-state index contributed by atoms with van der Waals surface area (Å²) in [6.45, 7) is 4.32. The van der Waals surface area contributed by atoms with Gasteiger partial charge in [0.1, 0.15) is 0 Å². The second kappa shape index (κ2) is 12.8. The maximum absolute atomic E-state index is 9.45. The van der Waals surface area contributed by atoms with Crippen molar-refractivity contribution in [2.75, 3.05) is 0 Å². The van der Waals surface area contributed by atoms with Crippen molar-refractivity contribution in [3.05, 3.63) is 205 Å². The summed E-state index contributed by atoms with van der Waals surface area (Å²) in [7, 11) is 0. The second-order valence-corrected chi connectivity index (χ2v) is 14.9. The Bertz CT molecular complexity index is 3050. The molecule has 0 fully saturated rings. The molecule has 2 bridgehead atoms. The van der Waals surface area contributed by atoms with Crippen molar-refractivity contribution in [1.29, 1.82) is 5.41 Å². The molecule has 0 saturated carbocycles. The number of hydrogen-bond acceptors (Lipinski definition) is 4. The molecule has 0 saturated heterocycles. The van der Waals surface area contributed by atoms with E-state index in [-0.39, 0.29) is 0 Å². The fraction of sp³-hybridized carbons (Fsp3) is 0.0385. The van der Waals surface area contributed by atoms with E-state index in [0.29, 0.717) is 17.4 Å². The zero-order chi connectivity index (χ0) is 38.1. The number of benzene rings is 6. The van der Waals surface area contributed by atoms with Crippen LogP contribution in [0.1, 0.15) is 28.9 Å². The summed E-state index contributed by atoms with van der Waals surface area (Å²) in [5.74, 6) is 1.31. The number of rotatable bonds is 5. The minimum absolute atomic E-state index is 0.340. The third-order valence-electron chi connectivity index (χ3n) is 11.6. The first kappa shape index (κ1) is 32.9. The molecule has 1 spiro atoms. The van der Waals surface area contributed by atoms with Gasteiger partial charge in [-0.15, -0.1) is 0 Å². The molecule has 0 radical (unpaired) electrons. The van der Waals surface area contributed by atoms with E-state index in [0.717, 1.165) is 78.7 Å². The van der Waals surface area contributed by atoms with Crippen LogP contribution in [0.5, 0.6) is 0 Å². The molecule has 0 amide bonds. The van der Waals surface area contributed by atoms with Gasteiger partial charge in [0.05, 0.1) is 28.1 Å². The smallest absolute Gasteiger partial charge is 0.163 e. The minimum Gasteiger partial charge on any atom is -0.297 e. The summed E-state index contributed by atoms with van der Waals surface area (Å²) in [4.78, 5) is 15.1. The van der Waals surface area contributed by atoms with Gasteiger partial charge < -0.3 is 0 Å². The van der Waals surface area contributed by atoms with Crippen LogP contribution in [0.3, 0.4) is 0 Å². The molecule has 2 aliphatic carbocycles. The lowest BCUT2D eigenvalue weighted by Gasteiger charge is -2.33. The van der Waals surface area contributed by atoms with Crippen molar-refractivity contribution < 1.29 is 0 Å². The molecule has 57 heavy (non-hydrogen) atoms. The molecule has 8 aromatic rings. The molecule has 1 aliphatic heterocycles.